The minimum atomic E-state index is -0.0397. The van der Waals surface area contributed by atoms with E-state index < -0.39 is 0 Å². The van der Waals surface area contributed by atoms with Crippen molar-refractivity contribution in [3.05, 3.63) is 44.2 Å². The molecule has 21 heavy (non-hydrogen) atoms. The van der Waals surface area contributed by atoms with E-state index in [0.29, 0.717) is 28.3 Å². The molecule has 0 unspecified atom stereocenters. The van der Waals surface area contributed by atoms with E-state index in [1.54, 1.807) is 25.1 Å². The molecule has 112 valence electrons. The van der Waals surface area contributed by atoms with Crippen molar-refractivity contribution in [2.45, 2.75) is 19.9 Å². The lowest BCUT2D eigenvalue weighted by molar-refractivity contribution is -0.115. The van der Waals surface area contributed by atoms with Crippen molar-refractivity contribution in [3.63, 3.8) is 0 Å². The van der Waals surface area contributed by atoms with Crippen molar-refractivity contribution in [2.24, 2.45) is 0 Å². The highest BCUT2D eigenvalue weighted by Gasteiger charge is 2.08. The van der Waals surface area contributed by atoms with Crippen LogP contribution in [0.5, 0.6) is 0 Å². The fourth-order valence-corrected chi connectivity index (χ4v) is 2.49. The molecule has 1 aromatic heterocycles. The van der Waals surface area contributed by atoms with Gasteiger partial charge in [-0.2, -0.15) is 0 Å². The summed E-state index contributed by atoms with van der Waals surface area (Å²) in [6.07, 6.45) is 0.430. The summed E-state index contributed by atoms with van der Waals surface area (Å²) in [5, 5.41) is 6.56. The van der Waals surface area contributed by atoms with Gasteiger partial charge in [-0.15, -0.1) is 0 Å². The first kappa shape index (κ1) is 16.4. The second-order valence-electron chi connectivity index (χ2n) is 4.28. The zero-order chi connectivity index (χ0) is 15.4. The Morgan fingerprint density at radius 1 is 1.33 bits per heavy atom. The summed E-state index contributed by atoms with van der Waals surface area (Å²) in [7, 11) is 0. The zero-order valence-corrected chi connectivity index (χ0v) is 15.1. The van der Waals surface area contributed by atoms with Gasteiger partial charge in [-0.25, -0.2) is 0 Å². The van der Waals surface area contributed by atoms with Crippen LogP contribution in [0.1, 0.15) is 19.1 Å². The molecule has 1 amide bonds. The van der Waals surface area contributed by atoms with Crippen LogP contribution in [-0.4, -0.2) is 5.91 Å². The lowest BCUT2D eigenvalue weighted by Gasteiger charge is -2.10. The minimum absolute atomic E-state index is 0.0397. The van der Waals surface area contributed by atoms with Crippen LogP contribution in [0.4, 0.5) is 11.4 Å². The molecule has 2 aromatic rings. The van der Waals surface area contributed by atoms with Gasteiger partial charge in [0, 0.05) is 12.1 Å². The van der Waals surface area contributed by atoms with Crippen LogP contribution in [0.3, 0.4) is 0 Å². The van der Waals surface area contributed by atoms with E-state index in [2.05, 4.69) is 42.5 Å². The van der Waals surface area contributed by atoms with Crippen LogP contribution in [0.2, 0.25) is 5.02 Å². The van der Waals surface area contributed by atoms with E-state index in [9.17, 15) is 4.79 Å². The SMILES string of the molecule is CCC(=O)Nc1ccc(Cl)c(NCc2cc(Br)c(Br)o2)c1. The number of nitrogens with one attached hydrogen (secondary N) is 2. The monoisotopic (exact) mass is 434 g/mol. The van der Waals surface area contributed by atoms with Gasteiger partial charge in [0.15, 0.2) is 4.67 Å². The Morgan fingerprint density at radius 2 is 2.10 bits per heavy atom. The number of carbonyl (C=O) groups is 1. The standard InChI is InChI=1S/C14H13Br2ClN2O2/c1-2-13(20)19-8-3-4-11(17)12(5-8)18-7-9-6-10(15)14(16)21-9/h3-6,18H,2,7H2,1H3,(H,19,20). The van der Waals surface area contributed by atoms with Crippen molar-refractivity contribution in [2.75, 3.05) is 10.6 Å². The highest BCUT2D eigenvalue weighted by Crippen LogP contribution is 2.29. The third-order valence-electron chi connectivity index (χ3n) is 2.72. The first-order valence-electron chi connectivity index (χ1n) is 6.26. The van der Waals surface area contributed by atoms with E-state index in [4.69, 9.17) is 16.0 Å². The Kier molecular flexibility index (Phi) is 5.72. The number of hydrogen-bond acceptors (Lipinski definition) is 3. The number of furan rings is 1. The highest BCUT2D eigenvalue weighted by atomic mass is 79.9. The number of anilines is 2. The molecule has 0 spiro atoms. The Bertz CT molecular complexity index is 639. The number of halogens is 3. The molecule has 7 heteroatoms. The van der Waals surface area contributed by atoms with Crippen LogP contribution in [0.25, 0.3) is 0 Å². The van der Waals surface area contributed by atoms with Gasteiger partial charge in [0.2, 0.25) is 5.91 Å². The van der Waals surface area contributed by atoms with Crippen molar-refractivity contribution < 1.29 is 9.21 Å². The van der Waals surface area contributed by atoms with Crippen molar-refractivity contribution in [1.29, 1.82) is 0 Å². The van der Waals surface area contributed by atoms with Crippen LogP contribution in [0, 0.1) is 0 Å². The van der Waals surface area contributed by atoms with Gasteiger partial charge in [-0.3, -0.25) is 4.79 Å². The average molecular weight is 437 g/mol. The second-order valence-corrected chi connectivity index (χ2v) is 6.27. The van der Waals surface area contributed by atoms with E-state index in [1.165, 1.54) is 0 Å². The molecule has 0 aliphatic rings. The van der Waals surface area contributed by atoms with Crippen LogP contribution in [-0.2, 0) is 11.3 Å². The van der Waals surface area contributed by atoms with Gasteiger partial charge >= 0.3 is 0 Å². The molecule has 1 aromatic carbocycles. The minimum Gasteiger partial charge on any atom is -0.451 e. The Hall–Kier alpha value is -0.980. The molecule has 0 atom stereocenters. The number of carbonyl (C=O) groups excluding carboxylic acids is 1. The number of hydrogen-bond donors (Lipinski definition) is 2. The molecule has 2 rings (SSSR count). The van der Waals surface area contributed by atoms with Crippen LogP contribution < -0.4 is 10.6 Å². The summed E-state index contributed by atoms with van der Waals surface area (Å²) in [5.41, 5.74) is 1.43. The molecule has 0 saturated heterocycles. The average Bonchev–Trinajstić information content (AvgIpc) is 2.78. The van der Waals surface area contributed by atoms with Gasteiger partial charge in [0.25, 0.3) is 0 Å². The number of rotatable bonds is 5. The van der Waals surface area contributed by atoms with E-state index in [-0.39, 0.29) is 5.91 Å². The molecule has 0 aliphatic carbocycles. The molecular formula is C14H13Br2ClN2O2. The normalized spacial score (nSPS) is 10.5. The topological polar surface area (TPSA) is 54.3 Å². The summed E-state index contributed by atoms with van der Waals surface area (Å²) < 4.78 is 6.99. The highest BCUT2D eigenvalue weighted by molar-refractivity contribution is 9.13. The largest absolute Gasteiger partial charge is 0.451 e. The van der Waals surface area contributed by atoms with Gasteiger partial charge < -0.3 is 15.1 Å². The van der Waals surface area contributed by atoms with E-state index >= 15 is 0 Å². The lowest BCUT2D eigenvalue weighted by Crippen LogP contribution is -2.09. The summed E-state index contributed by atoms with van der Waals surface area (Å²) in [5.74, 6) is 0.718. The smallest absolute Gasteiger partial charge is 0.224 e. The van der Waals surface area contributed by atoms with Crippen molar-refractivity contribution >= 4 is 60.7 Å². The Labute approximate surface area is 144 Å². The Morgan fingerprint density at radius 3 is 2.71 bits per heavy atom. The number of amides is 1. The molecule has 4 nitrogen and oxygen atoms in total. The molecule has 1 heterocycles. The fourth-order valence-electron chi connectivity index (χ4n) is 1.65. The maximum Gasteiger partial charge on any atom is 0.224 e. The van der Waals surface area contributed by atoms with E-state index in [0.717, 1.165) is 15.9 Å². The van der Waals surface area contributed by atoms with Gasteiger partial charge in [0.1, 0.15) is 5.76 Å². The molecule has 0 radical (unpaired) electrons. The maximum atomic E-state index is 11.4. The van der Waals surface area contributed by atoms with Crippen molar-refractivity contribution in [1.82, 2.24) is 0 Å². The predicted octanol–water partition coefficient (Wildman–Crippen LogP) is 5.42. The third-order valence-corrected chi connectivity index (χ3v) is 4.76. The molecular weight excluding hydrogens is 423 g/mol. The van der Waals surface area contributed by atoms with Crippen molar-refractivity contribution in [3.8, 4) is 0 Å². The van der Waals surface area contributed by atoms with Gasteiger partial charge in [-0.1, -0.05) is 18.5 Å². The summed E-state index contributed by atoms with van der Waals surface area (Å²) in [4.78, 5) is 11.4. The first-order chi connectivity index (χ1) is 9.99. The molecule has 0 aliphatic heterocycles. The van der Waals surface area contributed by atoms with Crippen LogP contribution in [0.15, 0.2) is 37.8 Å². The number of benzene rings is 1. The van der Waals surface area contributed by atoms with Gasteiger partial charge in [0.05, 0.1) is 21.7 Å². The summed E-state index contributed by atoms with van der Waals surface area (Å²) >= 11 is 12.8. The third kappa shape index (κ3) is 4.49. The van der Waals surface area contributed by atoms with Crippen LogP contribution >= 0.6 is 43.5 Å². The second kappa shape index (κ2) is 7.33. The molecule has 2 N–H and O–H groups in total. The summed E-state index contributed by atoms with van der Waals surface area (Å²) in [6.45, 7) is 2.28. The quantitative estimate of drug-likeness (QED) is 0.658. The van der Waals surface area contributed by atoms with Gasteiger partial charge in [-0.05, 0) is 56.1 Å². The molecule has 0 bridgehead atoms. The Balaban J connectivity index is 2.08. The molecule has 0 saturated carbocycles. The maximum absolute atomic E-state index is 11.4. The lowest BCUT2D eigenvalue weighted by atomic mass is 10.2. The molecule has 0 fully saturated rings. The zero-order valence-electron chi connectivity index (χ0n) is 11.2. The van der Waals surface area contributed by atoms with E-state index in [1.807, 2.05) is 6.07 Å². The fraction of sp³-hybridized carbons (Fsp3) is 0.214. The first-order valence-corrected chi connectivity index (χ1v) is 8.23. The summed E-state index contributed by atoms with van der Waals surface area (Å²) in [6, 6.07) is 7.17. The predicted molar refractivity (Wildman–Crippen MR) is 91.8 cm³/mol.